The molecule has 0 spiro atoms. The molecule has 0 heterocycles. The molecule has 158 valence electrons. The van der Waals surface area contributed by atoms with Crippen LogP contribution in [-0.4, -0.2) is 35.5 Å². The van der Waals surface area contributed by atoms with E-state index >= 15 is 0 Å². The second kappa shape index (κ2) is 10.4. The first-order valence-corrected chi connectivity index (χ1v) is 10.1. The van der Waals surface area contributed by atoms with Crippen LogP contribution in [0.25, 0.3) is 0 Å². The Labute approximate surface area is 174 Å². The summed E-state index contributed by atoms with van der Waals surface area (Å²) < 4.78 is 5.38. The molecule has 2 rings (SSSR count). The number of amides is 1. The Bertz CT molecular complexity index is 784. The molecule has 0 aromatic heterocycles. The Hall–Kier alpha value is -2.37. The van der Waals surface area contributed by atoms with Crippen LogP contribution in [0.2, 0.25) is 0 Å². The lowest BCUT2D eigenvalue weighted by atomic mass is 10.0. The van der Waals surface area contributed by atoms with E-state index in [1.54, 1.807) is 0 Å². The maximum absolute atomic E-state index is 12.3. The normalized spacial score (nSPS) is 13.6. The van der Waals surface area contributed by atoms with Crippen molar-refractivity contribution in [2.24, 2.45) is 0 Å². The summed E-state index contributed by atoms with van der Waals surface area (Å²) in [6, 6.07) is 15.6. The van der Waals surface area contributed by atoms with Crippen LogP contribution in [0.4, 0.5) is 4.79 Å². The molecular weight excluding hydrogens is 364 g/mol. The van der Waals surface area contributed by atoms with E-state index < -0.39 is 23.8 Å². The third kappa shape index (κ3) is 7.87. The van der Waals surface area contributed by atoms with E-state index in [9.17, 15) is 9.90 Å². The average Bonchev–Trinajstić information content (AvgIpc) is 2.64. The van der Waals surface area contributed by atoms with Gasteiger partial charge in [0.15, 0.2) is 0 Å². The number of benzene rings is 2. The molecule has 0 radical (unpaired) electrons. The highest BCUT2D eigenvalue weighted by molar-refractivity contribution is 5.68. The first-order chi connectivity index (χ1) is 13.7. The van der Waals surface area contributed by atoms with Crippen LogP contribution in [0, 0.1) is 13.8 Å². The smallest absolute Gasteiger partial charge is 0.407 e. The molecule has 0 unspecified atom stereocenters. The van der Waals surface area contributed by atoms with Gasteiger partial charge in [0.05, 0.1) is 12.1 Å². The second-order valence-corrected chi connectivity index (χ2v) is 8.50. The molecule has 2 aromatic rings. The largest absolute Gasteiger partial charge is 0.444 e. The molecular formula is C24H34N2O3. The number of hydrogen-bond donors (Lipinski definition) is 3. The number of rotatable bonds is 8. The molecule has 1 amide bonds. The number of carbonyl (C=O) groups is 1. The fraction of sp³-hybridized carbons (Fsp3) is 0.458. The Morgan fingerprint density at radius 2 is 1.76 bits per heavy atom. The van der Waals surface area contributed by atoms with Crippen LogP contribution >= 0.6 is 0 Å². The van der Waals surface area contributed by atoms with Gasteiger partial charge in [-0.15, -0.1) is 0 Å². The van der Waals surface area contributed by atoms with E-state index in [4.69, 9.17) is 4.74 Å². The van der Waals surface area contributed by atoms with Crippen molar-refractivity contribution in [2.45, 2.75) is 65.3 Å². The molecule has 0 fully saturated rings. The van der Waals surface area contributed by atoms with Gasteiger partial charge in [-0.05, 0) is 63.3 Å². The Morgan fingerprint density at radius 1 is 1.07 bits per heavy atom. The van der Waals surface area contributed by atoms with E-state index in [0.29, 0.717) is 19.5 Å². The van der Waals surface area contributed by atoms with Gasteiger partial charge in [-0.3, -0.25) is 0 Å². The molecule has 0 saturated carbocycles. The predicted octanol–water partition coefficient (Wildman–Crippen LogP) is 3.89. The molecule has 0 aliphatic rings. The number of hydrogen-bond acceptors (Lipinski definition) is 4. The summed E-state index contributed by atoms with van der Waals surface area (Å²) in [4.78, 5) is 12.3. The molecule has 2 aromatic carbocycles. The zero-order valence-electron chi connectivity index (χ0n) is 18.2. The Morgan fingerprint density at radius 3 is 2.41 bits per heavy atom. The van der Waals surface area contributed by atoms with E-state index in [1.165, 1.54) is 16.7 Å². The summed E-state index contributed by atoms with van der Waals surface area (Å²) in [6.07, 6.45) is -0.758. The van der Waals surface area contributed by atoms with Crippen molar-refractivity contribution in [1.29, 1.82) is 0 Å². The van der Waals surface area contributed by atoms with Crippen molar-refractivity contribution in [1.82, 2.24) is 10.6 Å². The third-order valence-electron chi connectivity index (χ3n) is 4.85. The van der Waals surface area contributed by atoms with Crippen LogP contribution in [0.1, 0.15) is 43.0 Å². The van der Waals surface area contributed by atoms with Crippen LogP contribution in [0.3, 0.4) is 0 Å². The SMILES string of the molecule is Cc1cccc(CNC[C@@H](O)[C@H](Cc2ccccc2)NC(=O)OC(C)(C)C)c1C. The summed E-state index contributed by atoms with van der Waals surface area (Å²) in [6.45, 7) is 10.7. The van der Waals surface area contributed by atoms with E-state index in [-0.39, 0.29) is 0 Å². The number of nitrogens with one attached hydrogen (secondary N) is 2. The van der Waals surface area contributed by atoms with Crippen molar-refractivity contribution in [3.63, 3.8) is 0 Å². The quantitative estimate of drug-likeness (QED) is 0.631. The monoisotopic (exact) mass is 398 g/mol. The summed E-state index contributed by atoms with van der Waals surface area (Å²) in [5.74, 6) is 0. The summed E-state index contributed by atoms with van der Waals surface area (Å²) in [5.41, 5.74) is 4.16. The van der Waals surface area contributed by atoms with E-state index in [1.807, 2.05) is 57.2 Å². The average molecular weight is 399 g/mol. The molecule has 3 N–H and O–H groups in total. The lowest BCUT2D eigenvalue weighted by molar-refractivity contribution is 0.0422. The van der Waals surface area contributed by atoms with Crippen LogP contribution in [-0.2, 0) is 17.7 Å². The fourth-order valence-corrected chi connectivity index (χ4v) is 3.11. The van der Waals surface area contributed by atoms with Gasteiger partial charge < -0.3 is 20.5 Å². The van der Waals surface area contributed by atoms with Gasteiger partial charge in [-0.2, -0.15) is 0 Å². The van der Waals surface area contributed by atoms with Crippen LogP contribution < -0.4 is 10.6 Å². The summed E-state index contributed by atoms with van der Waals surface area (Å²) in [5, 5.41) is 16.9. The first-order valence-electron chi connectivity index (χ1n) is 10.1. The number of alkyl carbamates (subject to hydrolysis) is 1. The minimum absolute atomic E-state index is 0.362. The van der Waals surface area contributed by atoms with Gasteiger partial charge in [-0.25, -0.2) is 4.79 Å². The highest BCUT2D eigenvalue weighted by Crippen LogP contribution is 2.13. The molecule has 5 heteroatoms. The first kappa shape index (κ1) is 22.9. The van der Waals surface area contributed by atoms with Crippen molar-refractivity contribution in [2.75, 3.05) is 6.54 Å². The van der Waals surface area contributed by atoms with Crippen molar-refractivity contribution < 1.29 is 14.6 Å². The zero-order chi connectivity index (χ0) is 21.4. The number of aryl methyl sites for hydroxylation is 1. The van der Waals surface area contributed by atoms with Crippen molar-refractivity contribution in [3.05, 3.63) is 70.8 Å². The molecule has 0 bridgehead atoms. The van der Waals surface area contributed by atoms with Crippen molar-refractivity contribution >= 4 is 6.09 Å². The van der Waals surface area contributed by atoms with Crippen LogP contribution in [0.5, 0.6) is 0 Å². The maximum atomic E-state index is 12.3. The molecule has 29 heavy (non-hydrogen) atoms. The minimum Gasteiger partial charge on any atom is -0.444 e. The summed E-state index contributed by atoms with van der Waals surface area (Å²) in [7, 11) is 0. The lowest BCUT2D eigenvalue weighted by Crippen LogP contribution is -2.49. The standard InChI is InChI=1S/C24H34N2O3/c1-17-10-9-13-20(18(17)2)15-25-16-22(27)21(14-19-11-7-6-8-12-19)26-23(28)29-24(3,4)5/h6-13,21-22,25,27H,14-16H2,1-5H3,(H,26,28)/t21-,22+/m0/s1. The molecule has 2 atom stereocenters. The number of ether oxygens (including phenoxy) is 1. The summed E-state index contributed by atoms with van der Waals surface area (Å²) >= 11 is 0. The topological polar surface area (TPSA) is 70.6 Å². The van der Waals surface area contributed by atoms with Gasteiger partial charge in [0.1, 0.15) is 5.60 Å². The van der Waals surface area contributed by atoms with Gasteiger partial charge >= 0.3 is 6.09 Å². The predicted molar refractivity (Wildman–Crippen MR) is 117 cm³/mol. The van der Waals surface area contributed by atoms with Crippen LogP contribution in [0.15, 0.2) is 48.5 Å². The van der Waals surface area contributed by atoms with Crippen molar-refractivity contribution in [3.8, 4) is 0 Å². The minimum atomic E-state index is -0.757. The maximum Gasteiger partial charge on any atom is 0.407 e. The molecule has 0 saturated heterocycles. The molecule has 0 aliphatic carbocycles. The number of carbonyl (C=O) groups excluding carboxylic acids is 1. The van der Waals surface area contributed by atoms with Gasteiger partial charge in [0, 0.05) is 13.1 Å². The molecule has 5 nitrogen and oxygen atoms in total. The third-order valence-corrected chi connectivity index (χ3v) is 4.85. The molecule has 0 aliphatic heterocycles. The highest BCUT2D eigenvalue weighted by Gasteiger charge is 2.24. The fourth-order valence-electron chi connectivity index (χ4n) is 3.11. The van der Waals surface area contributed by atoms with E-state index in [0.717, 1.165) is 5.56 Å². The second-order valence-electron chi connectivity index (χ2n) is 8.50. The highest BCUT2D eigenvalue weighted by atomic mass is 16.6. The Kier molecular flexibility index (Phi) is 8.23. The Balaban J connectivity index is 2.00. The van der Waals surface area contributed by atoms with Gasteiger partial charge in [0.25, 0.3) is 0 Å². The number of aliphatic hydroxyl groups is 1. The number of aliphatic hydroxyl groups excluding tert-OH is 1. The lowest BCUT2D eigenvalue weighted by Gasteiger charge is -2.27. The zero-order valence-corrected chi connectivity index (χ0v) is 18.2. The van der Waals surface area contributed by atoms with Gasteiger partial charge in [0.2, 0.25) is 0 Å². The van der Waals surface area contributed by atoms with E-state index in [2.05, 4.69) is 36.6 Å². The van der Waals surface area contributed by atoms with Gasteiger partial charge in [-0.1, -0.05) is 48.5 Å².